The molecule has 1 amide bonds. The van der Waals surface area contributed by atoms with Gasteiger partial charge < -0.3 is 10.1 Å². The van der Waals surface area contributed by atoms with Crippen molar-refractivity contribution in [2.24, 2.45) is 7.05 Å². The lowest BCUT2D eigenvalue weighted by Crippen LogP contribution is -2.35. The number of H-pyrrole nitrogens is 1. The summed E-state index contributed by atoms with van der Waals surface area (Å²) in [5, 5.41) is 5.54. The van der Waals surface area contributed by atoms with Crippen molar-refractivity contribution in [2.75, 3.05) is 12.4 Å². The summed E-state index contributed by atoms with van der Waals surface area (Å²) in [6.07, 6.45) is 0. The number of rotatable bonds is 5. The third-order valence-electron chi connectivity index (χ3n) is 3.15. The normalized spacial score (nSPS) is 12.0. The number of amides is 1. The number of ether oxygens (including phenoxy) is 1. The van der Waals surface area contributed by atoms with Crippen molar-refractivity contribution in [3.05, 3.63) is 33.1 Å². The Balaban J connectivity index is 2.16. The summed E-state index contributed by atoms with van der Waals surface area (Å²) in [6, 6.07) is 3.38. The van der Waals surface area contributed by atoms with Gasteiger partial charge in [0.25, 0.3) is 0 Å². The maximum Gasteiger partial charge on any atom is 0.441 e. The van der Waals surface area contributed by atoms with Crippen LogP contribution in [0.5, 0.6) is 5.75 Å². The summed E-state index contributed by atoms with van der Waals surface area (Å²) in [4.78, 5) is 23.9. The van der Waals surface area contributed by atoms with Gasteiger partial charge in [0.05, 0.1) is 18.0 Å². The van der Waals surface area contributed by atoms with Gasteiger partial charge in [0.1, 0.15) is 5.75 Å². The average molecular weight is 359 g/mol. The summed E-state index contributed by atoms with van der Waals surface area (Å²) in [5.74, 6) is 0.202. The molecular formula is C14H17ClN3O4S+. The van der Waals surface area contributed by atoms with E-state index in [4.69, 9.17) is 16.3 Å². The molecule has 0 spiro atoms. The quantitative estimate of drug-likeness (QED) is 0.629. The van der Waals surface area contributed by atoms with Crippen LogP contribution in [0.15, 0.2) is 26.5 Å². The number of benzene rings is 1. The van der Waals surface area contributed by atoms with Crippen molar-refractivity contribution in [2.45, 2.75) is 24.1 Å². The van der Waals surface area contributed by atoms with Gasteiger partial charge >= 0.3 is 10.7 Å². The molecule has 0 saturated carbocycles. The number of aryl methyl sites for hydroxylation is 2. The van der Waals surface area contributed by atoms with Gasteiger partial charge in [0, 0.05) is 11.1 Å². The molecule has 1 atom stereocenters. The van der Waals surface area contributed by atoms with Crippen LogP contribution < -0.4 is 20.4 Å². The van der Waals surface area contributed by atoms with Crippen molar-refractivity contribution in [3.63, 3.8) is 0 Å². The van der Waals surface area contributed by atoms with E-state index in [-0.39, 0.29) is 5.91 Å². The zero-order valence-corrected chi connectivity index (χ0v) is 14.7. The van der Waals surface area contributed by atoms with E-state index in [1.165, 1.54) is 11.8 Å². The van der Waals surface area contributed by atoms with Crippen LogP contribution in [0.4, 0.5) is 5.69 Å². The van der Waals surface area contributed by atoms with Gasteiger partial charge in [-0.3, -0.25) is 9.32 Å². The highest BCUT2D eigenvalue weighted by molar-refractivity contribution is 8.00. The third-order valence-corrected chi connectivity index (χ3v) is 4.79. The van der Waals surface area contributed by atoms with E-state index in [9.17, 15) is 9.59 Å². The van der Waals surface area contributed by atoms with Crippen LogP contribution in [0.1, 0.15) is 12.5 Å². The van der Waals surface area contributed by atoms with E-state index < -0.39 is 10.9 Å². The van der Waals surface area contributed by atoms with Gasteiger partial charge in [-0.15, -0.1) is 0 Å². The molecule has 0 radical (unpaired) electrons. The summed E-state index contributed by atoms with van der Waals surface area (Å²) in [7, 11) is 3.13. The Hall–Kier alpha value is -1.93. The Kier molecular flexibility index (Phi) is 5.38. The minimum Gasteiger partial charge on any atom is -0.495 e. The SMILES string of the molecule is COc1cc(Cl)c(C)cc1NC(=O)C(C)Sc1c(=O)o[nH][n+]1C. The number of aromatic amines is 1. The maximum absolute atomic E-state index is 12.4. The Morgan fingerprint density at radius 3 is 2.78 bits per heavy atom. The van der Waals surface area contributed by atoms with Gasteiger partial charge in [-0.1, -0.05) is 16.3 Å². The highest BCUT2D eigenvalue weighted by Gasteiger charge is 2.26. The Labute approximate surface area is 141 Å². The van der Waals surface area contributed by atoms with E-state index in [0.29, 0.717) is 21.5 Å². The predicted molar refractivity (Wildman–Crippen MR) is 87.2 cm³/mol. The van der Waals surface area contributed by atoms with Crippen LogP contribution in [0.25, 0.3) is 0 Å². The van der Waals surface area contributed by atoms with Gasteiger partial charge in [-0.25, -0.2) is 4.79 Å². The number of carbonyl (C=O) groups excluding carboxylic acids is 1. The third kappa shape index (κ3) is 3.89. The number of halogens is 1. The number of nitrogens with zero attached hydrogens (tertiary/aromatic N) is 1. The summed E-state index contributed by atoms with van der Waals surface area (Å²) >= 11 is 7.14. The van der Waals surface area contributed by atoms with Crippen molar-refractivity contribution < 1.29 is 18.7 Å². The molecular weight excluding hydrogens is 342 g/mol. The lowest BCUT2D eigenvalue weighted by molar-refractivity contribution is -0.772. The number of thioether (sulfide) groups is 1. The van der Waals surface area contributed by atoms with Crippen molar-refractivity contribution in [1.82, 2.24) is 5.27 Å². The van der Waals surface area contributed by atoms with Crippen molar-refractivity contribution >= 4 is 35.0 Å². The zero-order valence-electron chi connectivity index (χ0n) is 13.1. The number of anilines is 1. The Morgan fingerprint density at radius 1 is 1.52 bits per heavy atom. The molecule has 0 aliphatic rings. The molecule has 124 valence electrons. The van der Waals surface area contributed by atoms with Gasteiger partial charge in [0.2, 0.25) is 5.91 Å². The fourth-order valence-electron chi connectivity index (χ4n) is 1.84. The molecule has 1 unspecified atom stereocenters. The van der Waals surface area contributed by atoms with Gasteiger partial charge in [-0.05, 0) is 42.5 Å². The molecule has 2 N–H and O–H groups in total. The van der Waals surface area contributed by atoms with Gasteiger partial charge in [0.15, 0.2) is 7.05 Å². The predicted octanol–water partition coefficient (Wildman–Crippen LogP) is 1.88. The Morgan fingerprint density at radius 2 is 2.22 bits per heavy atom. The molecule has 1 aromatic carbocycles. The van der Waals surface area contributed by atoms with Gasteiger partial charge in [-0.2, -0.15) is 0 Å². The molecule has 2 aromatic rings. The average Bonchev–Trinajstić information content (AvgIpc) is 2.82. The maximum atomic E-state index is 12.4. The monoisotopic (exact) mass is 358 g/mol. The van der Waals surface area contributed by atoms with Crippen LogP contribution in [-0.4, -0.2) is 23.5 Å². The second kappa shape index (κ2) is 7.10. The number of aromatic nitrogens is 2. The lowest BCUT2D eigenvalue weighted by atomic mass is 10.2. The van der Waals surface area contributed by atoms with Crippen LogP contribution >= 0.6 is 23.4 Å². The lowest BCUT2D eigenvalue weighted by Gasteiger charge is -2.14. The minimum absolute atomic E-state index is 0.268. The molecule has 0 bridgehead atoms. The highest BCUT2D eigenvalue weighted by atomic mass is 35.5. The molecule has 0 saturated heterocycles. The summed E-state index contributed by atoms with van der Waals surface area (Å²) in [6.45, 7) is 3.53. The first-order chi connectivity index (χ1) is 10.8. The van der Waals surface area contributed by atoms with Crippen molar-refractivity contribution in [3.8, 4) is 5.75 Å². The first-order valence-electron chi connectivity index (χ1n) is 6.72. The molecule has 23 heavy (non-hydrogen) atoms. The number of methoxy groups -OCH3 is 1. The topological polar surface area (TPSA) is 88.2 Å². The Bertz CT molecular complexity index is 787. The molecule has 7 nitrogen and oxygen atoms in total. The second-order valence-corrected chi connectivity index (χ2v) is 6.63. The molecule has 1 aromatic heterocycles. The molecule has 9 heteroatoms. The highest BCUT2D eigenvalue weighted by Crippen LogP contribution is 2.31. The van der Waals surface area contributed by atoms with E-state index in [2.05, 4.69) is 15.1 Å². The van der Waals surface area contributed by atoms with E-state index >= 15 is 0 Å². The summed E-state index contributed by atoms with van der Waals surface area (Å²) < 4.78 is 11.3. The largest absolute Gasteiger partial charge is 0.495 e. The first-order valence-corrected chi connectivity index (χ1v) is 7.98. The molecule has 1 heterocycles. The first kappa shape index (κ1) is 17.4. The smallest absolute Gasteiger partial charge is 0.441 e. The van der Waals surface area contributed by atoms with E-state index in [1.807, 2.05) is 6.92 Å². The van der Waals surface area contributed by atoms with E-state index in [0.717, 1.165) is 17.3 Å². The number of hydrogen-bond donors (Lipinski definition) is 2. The fraction of sp³-hybridized carbons (Fsp3) is 0.357. The molecule has 0 fully saturated rings. The molecule has 0 aliphatic heterocycles. The van der Waals surface area contributed by atoms with E-state index in [1.54, 1.807) is 26.1 Å². The minimum atomic E-state index is -0.517. The number of nitrogens with one attached hydrogen (secondary N) is 2. The van der Waals surface area contributed by atoms with Crippen LogP contribution in [-0.2, 0) is 11.8 Å². The molecule has 2 rings (SSSR count). The second-order valence-electron chi connectivity index (χ2n) is 4.90. The number of hydrogen-bond acceptors (Lipinski definition) is 5. The summed E-state index contributed by atoms with van der Waals surface area (Å²) in [5.41, 5.74) is 0.829. The van der Waals surface area contributed by atoms with Crippen LogP contribution in [0.3, 0.4) is 0 Å². The van der Waals surface area contributed by atoms with Crippen LogP contribution in [0, 0.1) is 6.92 Å². The number of carbonyl (C=O) groups is 1. The van der Waals surface area contributed by atoms with Crippen LogP contribution in [0.2, 0.25) is 5.02 Å². The molecule has 0 aliphatic carbocycles. The van der Waals surface area contributed by atoms with Crippen molar-refractivity contribution in [1.29, 1.82) is 0 Å². The fourth-order valence-corrected chi connectivity index (χ4v) is 2.83. The standard InChI is InChI=1S/C14H16ClN3O4S/c1-7-5-10(11(21-4)6-9(7)15)16-12(19)8(2)23-13-14(20)22-17-18(13)3/h5-6,8H,1-4H3,(H-,16,17,19,20)/p+1. The zero-order chi connectivity index (χ0) is 17.1.